The molecule has 3 heterocycles. The number of anilines is 1. The number of carboxylic acids is 1. The molecule has 2 aromatic rings. The second-order valence-electron chi connectivity index (χ2n) is 6.67. The summed E-state index contributed by atoms with van der Waals surface area (Å²) >= 11 is 8.46. The van der Waals surface area contributed by atoms with Gasteiger partial charge < -0.3 is 15.7 Å². The maximum atomic E-state index is 12.7. The molecule has 0 radical (unpaired) electrons. The van der Waals surface area contributed by atoms with Crippen LogP contribution in [0, 0.1) is 6.92 Å². The number of fused-ring (bicyclic) bond motifs is 1. The van der Waals surface area contributed by atoms with Crippen molar-refractivity contribution in [3.63, 3.8) is 0 Å². The lowest BCUT2D eigenvalue weighted by atomic mass is 10.0. The predicted molar refractivity (Wildman–Crippen MR) is 123 cm³/mol. The highest BCUT2D eigenvalue weighted by molar-refractivity contribution is 8.01. The second kappa shape index (κ2) is 9.10. The van der Waals surface area contributed by atoms with Crippen molar-refractivity contribution >= 4 is 71.1 Å². The first-order valence-corrected chi connectivity index (χ1v) is 12.3. The maximum absolute atomic E-state index is 12.7. The highest BCUT2D eigenvalue weighted by Gasteiger charge is 2.54. The number of urea groups is 1. The molecule has 31 heavy (non-hydrogen) atoms. The van der Waals surface area contributed by atoms with Gasteiger partial charge in [0.2, 0.25) is 0 Å². The van der Waals surface area contributed by atoms with Gasteiger partial charge >= 0.3 is 12.0 Å². The van der Waals surface area contributed by atoms with Crippen molar-refractivity contribution in [3.8, 4) is 0 Å². The molecule has 4 rings (SSSR count). The van der Waals surface area contributed by atoms with Crippen molar-refractivity contribution in [2.75, 3.05) is 16.8 Å². The normalized spacial score (nSPS) is 20.2. The molecular formula is C18H17N5O4S4. The van der Waals surface area contributed by atoms with Crippen molar-refractivity contribution in [2.24, 2.45) is 0 Å². The Bertz CT molecular complexity index is 1070. The van der Waals surface area contributed by atoms with Gasteiger partial charge in [0.1, 0.15) is 22.1 Å². The number of carbonyl (C=O) groups excluding carboxylic acids is 2. The number of benzene rings is 1. The Morgan fingerprint density at radius 3 is 2.71 bits per heavy atom. The summed E-state index contributed by atoms with van der Waals surface area (Å²) in [6.07, 6.45) is 0. The van der Waals surface area contributed by atoms with E-state index >= 15 is 0 Å². The number of aromatic nitrogens is 2. The SMILES string of the molecule is Cc1nnc(SCC2=C(C(=O)O)N3C(=O)C(NC(=O)Nc4ccc(S)cc4)[C@@H]3SC2)s1. The van der Waals surface area contributed by atoms with E-state index in [4.69, 9.17) is 0 Å². The van der Waals surface area contributed by atoms with Crippen molar-refractivity contribution in [2.45, 2.75) is 27.6 Å². The van der Waals surface area contributed by atoms with Crippen LogP contribution in [0.1, 0.15) is 5.01 Å². The number of β-lactam (4-membered cyclic amide) rings is 1. The van der Waals surface area contributed by atoms with E-state index in [1.165, 1.54) is 39.8 Å². The average Bonchev–Trinajstić information content (AvgIpc) is 3.16. The third-order valence-electron chi connectivity index (χ3n) is 4.54. The van der Waals surface area contributed by atoms with Crippen LogP contribution in [0.25, 0.3) is 0 Å². The summed E-state index contributed by atoms with van der Waals surface area (Å²) in [4.78, 5) is 38.9. The zero-order valence-corrected chi connectivity index (χ0v) is 19.4. The molecule has 1 fully saturated rings. The number of thioether (sulfide) groups is 2. The Kier molecular flexibility index (Phi) is 6.46. The van der Waals surface area contributed by atoms with E-state index in [1.54, 1.807) is 24.3 Å². The summed E-state index contributed by atoms with van der Waals surface area (Å²) in [6.45, 7) is 1.85. The van der Waals surface area contributed by atoms with Crippen LogP contribution in [0.15, 0.2) is 44.8 Å². The van der Waals surface area contributed by atoms with Crippen molar-refractivity contribution in [1.29, 1.82) is 0 Å². The molecule has 162 valence electrons. The van der Waals surface area contributed by atoms with Gasteiger partial charge in [0.15, 0.2) is 4.34 Å². The highest BCUT2D eigenvalue weighted by atomic mass is 32.2. The number of nitrogens with zero attached hydrogens (tertiary/aromatic N) is 3. The van der Waals surface area contributed by atoms with Crippen molar-refractivity contribution in [3.05, 3.63) is 40.5 Å². The quantitative estimate of drug-likeness (QED) is 0.274. The van der Waals surface area contributed by atoms with E-state index < -0.39 is 29.3 Å². The first-order valence-electron chi connectivity index (χ1n) is 9.03. The number of hydrogen-bond acceptors (Lipinski definition) is 9. The van der Waals surface area contributed by atoms with Crippen LogP contribution in [0.2, 0.25) is 0 Å². The van der Waals surface area contributed by atoms with Gasteiger partial charge in [0.25, 0.3) is 5.91 Å². The zero-order chi connectivity index (χ0) is 22.1. The number of carbonyl (C=O) groups is 3. The third kappa shape index (κ3) is 4.68. The monoisotopic (exact) mass is 495 g/mol. The number of nitrogens with one attached hydrogen (secondary N) is 2. The zero-order valence-electron chi connectivity index (χ0n) is 16.1. The van der Waals surface area contributed by atoms with Gasteiger partial charge in [0.05, 0.1) is 0 Å². The summed E-state index contributed by atoms with van der Waals surface area (Å²) < 4.78 is 0.749. The number of thiol groups is 1. The Morgan fingerprint density at radius 2 is 2.06 bits per heavy atom. The summed E-state index contributed by atoms with van der Waals surface area (Å²) in [5, 5.41) is 23.4. The first kappa shape index (κ1) is 22.0. The fourth-order valence-corrected chi connectivity index (χ4v) is 6.58. The van der Waals surface area contributed by atoms with E-state index in [0.29, 0.717) is 22.8 Å². The molecular weight excluding hydrogens is 478 g/mol. The first-order chi connectivity index (χ1) is 14.8. The van der Waals surface area contributed by atoms with Crippen LogP contribution < -0.4 is 10.6 Å². The topological polar surface area (TPSA) is 125 Å². The molecule has 3 amide bonds. The molecule has 0 bridgehead atoms. The van der Waals surface area contributed by atoms with E-state index in [2.05, 4.69) is 33.5 Å². The lowest BCUT2D eigenvalue weighted by Crippen LogP contribution is -2.71. The minimum absolute atomic E-state index is 0.00897. The molecule has 3 N–H and O–H groups in total. The van der Waals surface area contributed by atoms with Crippen molar-refractivity contribution < 1.29 is 19.5 Å². The Morgan fingerprint density at radius 1 is 1.32 bits per heavy atom. The highest BCUT2D eigenvalue weighted by Crippen LogP contribution is 2.41. The molecule has 2 aliphatic heterocycles. The van der Waals surface area contributed by atoms with E-state index in [9.17, 15) is 19.5 Å². The molecule has 13 heteroatoms. The third-order valence-corrected chi connectivity index (χ3v) is 8.24. The number of hydrogen-bond donors (Lipinski definition) is 4. The molecule has 1 aromatic heterocycles. The Labute approximate surface area is 195 Å². The lowest BCUT2D eigenvalue weighted by Gasteiger charge is -2.49. The van der Waals surface area contributed by atoms with Crippen LogP contribution in [0.3, 0.4) is 0 Å². The summed E-state index contributed by atoms with van der Waals surface area (Å²) in [5.74, 6) is -0.744. The van der Waals surface area contributed by atoms with Gasteiger partial charge in [-0.2, -0.15) is 0 Å². The van der Waals surface area contributed by atoms with Crippen LogP contribution in [-0.4, -0.2) is 61.0 Å². The number of aryl methyl sites for hydroxylation is 1. The minimum atomic E-state index is -1.16. The summed E-state index contributed by atoms with van der Waals surface area (Å²) in [6, 6.07) is 5.54. The second-order valence-corrected chi connectivity index (χ2v) is 10.7. The fourth-order valence-electron chi connectivity index (χ4n) is 3.13. The molecule has 1 aromatic carbocycles. The minimum Gasteiger partial charge on any atom is -0.477 e. The molecule has 9 nitrogen and oxygen atoms in total. The van der Waals surface area contributed by atoms with E-state index in [-0.39, 0.29) is 5.70 Å². The Balaban J connectivity index is 1.42. The van der Waals surface area contributed by atoms with Gasteiger partial charge in [0, 0.05) is 22.1 Å². The molecule has 0 aliphatic carbocycles. The van der Waals surface area contributed by atoms with Crippen molar-refractivity contribution in [1.82, 2.24) is 20.4 Å². The summed E-state index contributed by atoms with van der Waals surface area (Å²) in [5.41, 5.74) is 1.20. The van der Waals surface area contributed by atoms with Gasteiger partial charge in [-0.05, 0) is 36.8 Å². The molecule has 2 aliphatic rings. The largest absolute Gasteiger partial charge is 0.477 e. The number of aliphatic carboxylic acids is 1. The fraction of sp³-hybridized carbons (Fsp3) is 0.278. The summed E-state index contributed by atoms with van der Waals surface area (Å²) in [7, 11) is 0. The predicted octanol–water partition coefficient (Wildman–Crippen LogP) is 2.67. The molecule has 0 saturated carbocycles. The Hall–Kier alpha value is -2.22. The van der Waals surface area contributed by atoms with Gasteiger partial charge in [-0.1, -0.05) is 23.1 Å². The van der Waals surface area contributed by atoms with Crippen LogP contribution in [0.5, 0.6) is 0 Å². The lowest BCUT2D eigenvalue weighted by molar-refractivity contribution is -0.148. The number of rotatable bonds is 6. The molecule has 0 spiro atoms. The smallest absolute Gasteiger partial charge is 0.352 e. The van der Waals surface area contributed by atoms with E-state index in [0.717, 1.165) is 14.2 Å². The number of amides is 3. The number of carboxylic acid groups (broad SMARTS) is 1. The van der Waals surface area contributed by atoms with Crippen LogP contribution in [0.4, 0.5) is 10.5 Å². The standard InChI is InChI=1S/C18H17N5O4S4/c1-8-21-22-18(31-8)30-7-9-6-29-15-12(14(24)23(15)13(9)16(25)26)20-17(27)19-10-2-4-11(28)5-3-10/h2-5,12,15,28H,6-7H2,1H3,(H,25,26)(H2,19,20,27)/t12?,15-/m0/s1. The van der Waals surface area contributed by atoms with Gasteiger partial charge in [-0.3, -0.25) is 9.69 Å². The average molecular weight is 496 g/mol. The van der Waals surface area contributed by atoms with E-state index in [1.807, 2.05) is 6.92 Å². The molecule has 2 atom stereocenters. The maximum Gasteiger partial charge on any atom is 0.352 e. The van der Waals surface area contributed by atoms with Crippen LogP contribution in [-0.2, 0) is 9.59 Å². The van der Waals surface area contributed by atoms with Gasteiger partial charge in [-0.25, -0.2) is 9.59 Å². The van der Waals surface area contributed by atoms with Gasteiger partial charge in [-0.15, -0.1) is 34.6 Å². The molecule has 1 saturated heterocycles. The molecule has 1 unspecified atom stereocenters. The van der Waals surface area contributed by atoms with Crippen LogP contribution >= 0.6 is 47.5 Å².